The summed E-state index contributed by atoms with van der Waals surface area (Å²) in [6, 6.07) is 19.5. The molecule has 0 aromatic heterocycles. The fourth-order valence-corrected chi connectivity index (χ4v) is 3.66. The molecule has 162 valence electrons. The van der Waals surface area contributed by atoms with E-state index in [1.807, 2.05) is 68.4 Å². The minimum atomic E-state index is -0.477. The van der Waals surface area contributed by atoms with Crippen LogP contribution in [0, 0.1) is 17.4 Å². The van der Waals surface area contributed by atoms with Crippen molar-refractivity contribution in [2.45, 2.75) is 20.5 Å². The highest BCUT2D eigenvalue weighted by Gasteiger charge is 2.24. The molecule has 3 aromatic carbocycles. The first-order valence-corrected chi connectivity index (χ1v) is 11.2. The van der Waals surface area contributed by atoms with Crippen molar-refractivity contribution in [3.8, 4) is 11.5 Å². The normalized spacial score (nSPS) is 14.3. The first-order chi connectivity index (χ1) is 15.4. The van der Waals surface area contributed by atoms with Gasteiger partial charge in [0, 0.05) is 9.13 Å². The number of aryl methyl sites for hydroxylation is 2. The van der Waals surface area contributed by atoms with Gasteiger partial charge in [-0.25, -0.2) is 9.79 Å². The second-order valence-corrected chi connectivity index (χ2v) is 8.65. The van der Waals surface area contributed by atoms with E-state index < -0.39 is 5.97 Å². The minimum Gasteiger partial charge on any atom is -0.493 e. The molecule has 5 nitrogen and oxygen atoms in total. The van der Waals surface area contributed by atoms with E-state index in [9.17, 15) is 4.79 Å². The number of hydrogen-bond acceptors (Lipinski definition) is 5. The lowest BCUT2D eigenvalue weighted by molar-refractivity contribution is -0.129. The van der Waals surface area contributed by atoms with Crippen LogP contribution in [0.2, 0.25) is 0 Å². The maximum atomic E-state index is 12.4. The largest absolute Gasteiger partial charge is 0.493 e. The van der Waals surface area contributed by atoms with E-state index in [-0.39, 0.29) is 5.70 Å². The number of esters is 1. The fourth-order valence-electron chi connectivity index (χ4n) is 3.32. The van der Waals surface area contributed by atoms with Gasteiger partial charge in [-0.15, -0.1) is 0 Å². The standard InChI is InChI=1S/C26H22INO4/c1-16-5-4-6-19(11-16)15-31-23-10-7-18(14-24(23)30-3)13-22-26(29)32-25(28-22)20-8-9-21(27)17(2)12-20/h4-14H,15H2,1-3H3/b22-13-. The average molecular weight is 539 g/mol. The summed E-state index contributed by atoms with van der Waals surface area (Å²) in [5, 5.41) is 0. The Balaban J connectivity index is 1.54. The molecule has 0 radical (unpaired) electrons. The van der Waals surface area contributed by atoms with Crippen LogP contribution < -0.4 is 9.47 Å². The zero-order chi connectivity index (χ0) is 22.7. The molecule has 4 rings (SSSR count). The molecule has 0 spiro atoms. The zero-order valence-electron chi connectivity index (χ0n) is 18.0. The van der Waals surface area contributed by atoms with Gasteiger partial charge in [-0.1, -0.05) is 35.9 Å². The van der Waals surface area contributed by atoms with Crippen molar-refractivity contribution in [2.24, 2.45) is 4.99 Å². The van der Waals surface area contributed by atoms with Gasteiger partial charge in [-0.2, -0.15) is 0 Å². The molecule has 0 N–H and O–H groups in total. The number of ether oxygens (including phenoxy) is 3. The van der Waals surface area contributed by atoms with Crippen LogP contribution in [0.5, 0.6) is 11.5 Å². The lowest BCUT2D eigenvalue weighted by Gasteiger charge is -2.12. The van der Waals surface area contributed by atoms with E-state index in [0.717, 1.165) is 25.8 Å². The van der Waals surface area contributed by atoms with Crippen LogP contribution in [0.25, 0.3) is 6.08 Å². The number of halogens is 1. The van der Waals surface area contributed by atoms with Crippen LogP contribution in [-0.4, -0.2) is 19.0 Å². The smallest absolute Gasteiger partial charge is 0.363 e. The summed E-state index contributed by atoms with van der Waals surface area (Å²) in [4.78, 5) is 16.8. The Hall–Kier alpha value is -3.13. The Morgan fingerprint density at radius 2 is 1.88 bits per heavy atom. The van der Waals surface area contributed by atoms with Crippen molar-refractivity contribution in [1.82, 2.24) is 0 Å². The van der Waals surface area contributed by atoms with Crippen LogP contribution in [0.3, 0.4) is 0 Å². The number of cyclic esters (lactones) is 1. The van der Waals surface area contributed by atoms with E-state index in [0.29, 0.717) is 24.0 Å². The molecule has 0 bridgehead atoms. The molecule has 1 aliphatic rings. The first-order valence-electron chi connectivity index (χ1n) is 10.1. The van der Waals surface area contributed by atoms with Crippen LogP contribution in [0.4, 0.5) is 0 Å². The van der Waals surface area contributed by atoms with Gasteiger partial charge in [0.05, 0.1) is 7.11 Å². The predicted molar refractivity (Wildman–Crippen MR) is 133 cm³/mol. The highest BCUT2D eigenvalue weighted by Crippen LogP contribution is 2.30. The first kappa shape index (κ1) is 22.1. The Morgan fingerprint density at radius 1 is 1.03 bits per heavy atom. The molecule has 6 heteroatoms. The van der Waals surface area contributed by atoms with Crippen LogP contribution in [0.15, 0.2) is 71.4 Å². The number of rotatable bonds is 6. The quantitative estimate of drug-likeness (QED) is 0.225. The van der Waals surface area contributed by atoms with Crippen molar-refractivity contribution in [1.29, 1.82) is 0 Å². The molecule has 0 fully saturated rings. The van der Waals surface area contributed by atoms with E-state index in [4.69, 9.17) is 14.2 Å². The third-order valence-electron chi connectivity index (χ3n) is 4.99. The predicted octanol–water partition coefficient (Wildman–Crippen LogP) is 5.84. The number of benzene rings is 3. The molecule has 0 aliphatic carbocycles. The fraction of sp³-hybridized carbons (Fsp3) is 0.154. The monoisotopic (exact) mass is 539 g/mol. The summed E-state index contributed by atoms with van der Waals surface area (Å²) < 4.78 is 18.0. The SMILES string of the molecule is COc1cc(/C=C2\N=C(c3ccc(I)c(C)c3)OC2=O)ccc1OCc1cccc(C)c1. The van der Waals surface area contributed by atoms with Gasteiger partial charge >= 0.3 is 5.97 Å². The Morgan fingerprint density at radius 3 is 2.62 bits per heavy atom. The van der Waals surface area contributed by atoms with Crippen molar-refractivity contribution in [2.75, 3.05) is 7.11 Å². The van der Waals surface area contributed by atoms with Gasteiger partial charge in [-0.3, -0.25) is 0 Å². The second-order valence-electron chi connectivity index (χ2n) is 7.49. The number of carbonyl (C=O) groups is 1. The van der Waals surface area contributed by atoms with Gasteiger partial charge in [0.25, 0.3) is 0 Å². The summed E-state index contributed by atoms with van der Waals surface area (Å²) >= 11 is 2.27. The number of hydrogen-bond donors (Lipinski definition) is 0. The van der Waals surface area contributed by atoms with Crippen LogP contribution >= 0.6 is 22.6 Å². The lowest BCUT2D eigenvalue weighted by atomic mass is 10.1. The lowest BCUT2D eigenvalue weighted by Crippen LogP contribution is -2.05. The van der Waals surface area contributed by atoms with Gasteiger partial charge < -0.3 is 14.2 Å². The topological polar surface area (TPSA) is 57.1 Å². The van der Waals surface area contributed by atoms with Crippen molar-refractivity contribution >= 4 is 40.5 Å². The van der Waals surface area contributed by atoms with Crippen LogP contribution in [-0.2, 0) is 16.1 Å². The van der Waals surface area contributed by atoms with E-state index in [1.165, 1.54) is 5.56 Å². The maximum absolute atomic E-state index is 12.4. The third-order valence-corrected chi connectivity index (χ3v) is 6.20. The average Bonchev–Trinajstić information content (AvgIpc) is 3.14. The molecular formula is C26H22INO4. The summed E-state index contributed by atoms with van der Waals surface area (Å²) in [5.74, 6) is 1.04. The molecule has 0 unspecified atom stereocenters. The Bertz CT molecular complexity index is 1250. The molecule has 0 amide bonds. The van der Waals surface area contributed by atoms with Crippen molar-refractivity contribution < 1.29 is 19.0 Å². The maximum Gasteiger partial charge on any atom is 0.363 e. The van der Waals surface area contributed by atoms with Crippen molar-refractivity contribution in [3.63, 3.8) is 0 Å². The Labute approximate surface area is 200 Å². The summed E-state index contributed by atoms with van der Waals surface area (Å²) in [7, 11) is 1.59. The molecule has 0 saturated carbocycles. The Kier molecular flexibility index (Phi) is 6.60. The molecule has 3 aromatic rings. The molecule has 32 heavy (non-hydrogen) atoms. The van der Waals surface area contributed by atoms with Crippen molar-refractivity contribution in [3.05, 3.63) is 97.7 Å². The number of nitrogens with zero attached hydrogens (tertiary/aromatic N) is 1. The molecule has 1 aliphatic heterocycles. The highest BCUT2D eigenvalue weighted by atomic mass is 127. The number of carbonyl (C=O) groups excluding carboxylic acids is 1. The zero-order valence-corrected chi connectivity index (χ0v) is 20.2. The van der Waals surface area contributed by atoms with Gasteiger partial charge in [0.1, 0.15) is 6.61 Å². The van der Waals surface area contributed by atoms with E-state index >= 15 is 0 Å². The van der Waals surface area contributed by atoms with E-state index in [2.05, 4.69) is 33.6 Å². The van der Waals surface area contributed by atoms with Crippen LogP contribution in [0.1, 0.15) is 27.8 Å². The highest BCUT2D eigenvalue weighted by molar-refractivity contribution is 14.1. The van der Waals surface area contributed by atoms with Gasteiger partial charge in [0.2, 0.25) is 5.90 Å². The second kappa shape index (κ2) is 9.56. The summed E-state index contributed by atoms with van der Waals surface area (Å²) in [6.07, 6.45) is 1.68. The number of aliphatic imine (C=N–C) groups is 1. The third kappa shape index (κ3) is 5.02. The minimum absolute atomic E-state index is 0.242. The molecular weight excluding hydrogens is 517 g/mol. The molecule has 0 atom stereocenters. The molecule has 1 heterocycles. The van der Waals surface area contributed by atoms with Gasteiger partial charge in [-0.05, 0) is 89.5 Å². The number of methoxy groups -OCH3 is 1. The van der Waals surface area contributed by atoms with E-state index in [1.54, 1.807) is 13.2 Å². The summed E-state index contributed by atoms with van der Waals surface area (Å²) in [5.41, 5.74) is 5.15. The molecule has 0 saturated heterocycles. The summed E-state index contributed by atoms with van der Waals surface area (Å²) in [6.45, 7) is 4.50. The van der Waals surface area contributed by atoms with Gasteiger partial charge in [0.15, 0.2) is 17.2 Å².